The first-order valence-corrected chi connectivity index (χ1v) is 12.1. The van der Waals surface area contributed by atoms with Crippen LogP contribution in [0.4, 0.5) is 0 Å². The third-order valence-corrected chi connectivity index (χ3v) is 7.70. The lowest BCUT2D eigenvalue weighted by Crippen LogP contribution is -2.45. The molecule has 2 heterocycles. The molecule has 0 bridgehead atoms. The zero-order chi connectivity index (χ0) is 22.8. The summed E-state index contributed by atoms with van der Waals surface area (Å²) in [4.78, 5) is 12.3. The first-order chi connectivity index (χ1) is 14.6. The number of hydrogen-bond acceptors (Lipinski definition) is 5. The van der Waals surface area contributed by atoms with Crippen LogP contribution < -0.4 is 5.32 Å². The average Bonchev–Trinajstić information content (AvgIpc) is 3.08. The van der Waals surface area contributed by atoms with Gasteiger partial charge in [0.25, 0.3) is 0 Å². The highest BCUT2D eigenvalue weighted by atomic mass is 32.2. The van der Waals surface area contributed by atoms with Gasteiger partial charge in [0.1, 0.15) is 5.69 Å². The lowest BCUT2D eigenvalue weighted by molar-refractivity contribution is -0.125. The molecule has 1 aliphatic rings. The van der Waals surface area contributed by atoms with E-state index in [4.69, 9.17) is 4.52 Å². The highest BCUT2D eigenvalue weighted by molar-refractivity contribution is 7.89. The Labute approximate surface area is 184 Å². The third-order valence-electron chi connectivity index (χ3n) is 5.68. The van der Waals surface area contributed by atoms with E-state index in [2.05, 4.69) is 22.6 Å². The summed E-state index contributed by atoms with van der Waals surface area (Å²) in [5.74, 6) is -0.243. The summed E-state index contributed by atoms with van der Waals surface area (Å²) in [6.07, 6.45) is 4.86. The number of carbonyl (C=O) groups excluding carboxylic acids is 1. The minimum absolute atomic E-state index is 0.0720. The van der Waals surface area contributed by atoms with Gasteiger partial charge in [0.05, 0.1) is 5.92 Å². The summed E-state index contributed by atoms with van der Waals surface area (Å²) in [6, 6.07) is 4.18. The smallest absolute Gasteiger partial charge is 0.248 e. The molecule has 1 amide bonds. The van der Waals surface area contributed by atoms with Crippen molar-refractivity contribution in [2.45, 2.75) is 52.4 Å². The number of nitrogens with zero attached hydrogens (tertiary/aromatic N) is 2. The Balaban J connectivity index is 1.92. The van der Waals surface area contributed by atoms with Crippen LogP contribution in [0, 0.1) is 33.6 Å². The molecule has 8 heteroatoms. The van der Waals surface area contributed by atoms with Crippen molar-refractivity contribution in [2.24, 2.45) is 5.92 Å². The minimum Gasteiger partial charge on any atom is -0.356 e. The molecule has 1 fully saturated rings. The van der Waals surface area contributed by atoms with E-state index in [1.807, 2.05) is 33.8 Å². The SMILES string of the molecule is CCNC(=O)[C@@H]1CCCN(S(=O)(=O)c2c(C)noc2/C=C/c2c(C)cc(C)cc2C)C1. The zero-order valence-corrected chi connectivity index (χ0v) is 19.7. The monoisotopic (exact) mass is 445 g/mol. The van der Waals surface area contributed by atoms with Gasteiger partial charge in [-0.15, -0.1) is 0 Å². The predicted octanol–water partition coefficient (Wildman–Crippen LogP) is 3.62. The molecule has 1 aromatic carbocycles. The zero-order valence-electron chi connectivity index (χ0n) is 18.9. The molecule has 1 saturated heterocycles. The topological polar surface area (TPSA) is 92.5 Å². The number of sulfonamides is 1. The summed E-state index contributed by atoms with van der Waals surface area (Å²) < 4.78 is 33.7. The number of rotatable bonds is 6. The summed E-state index contributed by atoms with van der Waals surface area (Å²) in [5.41, 5.74) is 4.73. The maximum Gasteiger partial charge on any atom is 0.248 e. The molecule has 3 rings (SSSR count). The van der Waals surface area contributed by atoms with E-state index in [-0.39, 0.29) is 29.0 Å². The molecule has 7 nitrogen and oxygen atoms in total. The van der Waals surface area contributed by atoms with Crippen molar-refractivity contribution >= 4 is 28.1 Å². The van der Waals surface area contributed by atoms with Crippen molar-refractivity contribution in [3.63, 3.8) is 0 Å². The number of nitrogens with one attached hydrogen (secondary N) is 1. The number of piperidine rings is 1. The van der Waals surface area contributed by atoms with Gasteiger partial charge in [-0.25, -0.2) is 8.42 Å². The highest BCUT2D eigenvalue weighted by Crippen LogP contribution is 2.30. The molecule has 0 unspecified atom stereocenters. The Bertz CT molecular complexity index is 1080. The Kier molecular flexibility index (Phi) is 7.01. The van der Waals surface area contributed by atoms with Crippen LogP contribution in [-0.4, -0.2) is 43.4 Å². The van der Waals surface area contributed by atoms with E-state index >= 15 is 0 Å². The number of hydrogen-bond donors (Lipinski definition) is 1. The van der Waals surface area contributed by atoms with Gasteiger partial charge in [-0.05, 0) is 70.2 Å². The van der Waals surface area contributed by atoms with Gasteiger partial charge in [-0.2, -0.15) is 4.31 Å². The second-order valence-electron chi connectivity index (χ2n) is 8.20. The van der Waals surface area contributed by atoms with Crippen LogP contribution in [0.1, 0.15) is 53.5 Å². The second-order valence-corrected chi connectivity index (χ2v) is 10.1. The number of amides is 1. The van der Waals surface area contributed by atoms with Crippen molar-refractivity contribution in [1.29, 1.82) is 0 Å². The molecule has 0 radical (unpaired) electrons. The van der Waals surface area contributed by atoms with Crippen molar-refractivity contribution in [1.82, 2.24) is 14.8 Å². The van der Waals surface area contributed by atoms with Crippen LogP contribution in [0.5, 0.6) is 0 Å². The number of aryl methyl sites for hydroxylation is 4. The summed E-state index contributed by atoms with van der Waals surface area (Å²) in [6.45, 7) is 10.6. The fourth-order valence-corrected chi connectivity index (χ4v) is 6.01. The molecule has 31 heavy (non-hydrogen) atoms. The van der Waals surface area contributed by atoms with Crippen LogP contribution in [0.3, 0.4) is 0 Å². The molecule has 168 valence electrons. The Morgan fingerprint density at radius 3 is 2.55 bits per heavy atom. The van der Waals surface area contributed by atoms with E-state index in [0.29, 0.717) is 31.6 Å². The van der Waals surface area contributed by atoms with E-state index < -0.39 is 10.0 Å². The third kappa shape index (κ3) is 4.91. The standard InChI is InChI=1S/C23H31N3O4S/c1-6-24-23(27)19-8-7-11-26(14-19)31(28,29)22-18(5)25-30-21(22)10-9-20-16(3)12-15(2)13-17(20)4/h9-10,12-13,19H,6-8,11,14H2,1-5H3,(H,24,27)/b10-9+/t19-/m1/s1. The summed E-state index contributed by atoms with van der Waals surface area (Å²) in [5, 5.41) is 6.72. The van der Waals surface area contributed by atoms with Crippen molar-refractivity contribution in [3.05, 3.63) is 45.8 Å². The van der Waals surface area contributed by atoms with Gasteiger partial charge < -0.3 is 9.84 Å². The lowest BCUT2D eigenvalue weighted by atomic mass is 9.99. The van der Waals surface area contributed by atoms with Crippen molar-refractivity contribution in [3.8, 4) is 0 Å². The largest absolute Gasteiger partial charge is 0.356 e. The average molecular weight is 446 g/mol. The van der Waals surface area contributed by atoms with Crippen LogP contribution in [0.25, 0.3) is 12.2 Å². The lowest BCUT2D eigenvalue weighted by Gasteiger charge is -2.31. The fourth-order valence-electron chi connectivity index (χ4n) is 4.23. The predicted molar refractivity (Wildman–Crippen MR) is 121 cm³/mol. The fraction of sp³-hybridized carbons (Fsp3) is 0.478. The molecule has 1 aromatic heterocycles. The molecule has 0 saturated carbocycles. The maximum atomic E-state index is 13.5. The quantitative estimate of drug-likeness (QED) is 0.733. The molecular weight excluding hydrogens is 414 g/mol. The molecule has 1 atom stereocenters. The van der Waals surface area contributed by atoms with Gasteiger partial charge in [0, 0.05) is 19.6 Å². The highest BCUT2D eigenvalue weighted by Gasteiger charge is 2.36. The van der Waals surface area contributed by atoms with E-state index in [0.717, 1.165) is 16.7 Å². The second kappa shape index (κ2) is 9.36. The van der Waals surface area contributed by atoms with Gasteiger partial charge in [0.2, 0.25) is 15.9 Å². The molecule has 1 N–H and O–H groups in total. The minimum atomic E-state index is -3.85. The van der Waals surface area contributed by atoms with Gasteiger partial charge in [-0.3, -0.25) is 4.79 Å². The van der Waals surface area contributed by atoms with Gasteiger partial charge in [-0.1, -0.05) is 28.9 Å². The molecule has 1 aliphatic heterocycles. The van der Waals surface area contributed by atoms with Crippen LogP contribution >= 0.6 is 0 Å². The van der Waals surface area contributed by atoms with E-state index in [9.17, 15) is 13.2 Å². The Hall–Kier alpha value is -2.45. The number of carbonyl (C=O) groups is 1. The summed E-state index contributed by atoms with van der Waals surface area (Å²) >= 11 is 0. The van der Waals surface area contributed by atoms with Crippen molar-refractivity contribution in [2.75, 3.05) is 19.6 Å². The van der Waals surface area contributed by atoms with Crippen LogP contribution in [0.2, 0.25) is 0 Å². The summed E-state index contributed by atoms with van der Waals surface area (Å²) in [7, 11) is -3.85. The van der Waals surface area contributed by atoms with E-state index in [1.165, 1.54) is 9.87 Å². The molecule has 0 spiro atoms. The van der Waals surface area contributed by atoms with Gasteiger partial charge >= 0.3 is 0 Å². The van der Waals surface area contributed by atoms with E-state index in [1.54, 1.807) is 13.0 Å². The number of aromatic nitrogens is 1. The van der Waals surface area contributed by atoms with Crippen molar-refractivity contribution < 1.29 is 17.7 Å². The molecule has 2 aromatic rings. The van der Waals surface area contributed by atoms with Crippen LogP contribution in [0.15, 0.2) is 21.6 Å². The molecule has 0 aliphatic carbocycles. The first-order valence-electron chi connectivity index (χ1n) is 10.6. The molecular formula is C23H31N3O4S. The maximum absolute atomic E-state index is 13.5. The van der Waals surface area contributed by atoms with Crippen LogP contribution in [-0.2, 0) is 14.8 Å². The normalized spacial score (nSPS) is 17.9. The number of benzene rings is 1. The Morgan fingerprint density at radius 1 is 1.23 bits per heavy atom. The first kappa shape index (κ1) is 23.2. The Morgan fingerprint density at radius 2 is 1.90 bits per heavy atom. The van der Waals surface area contributed by atoms with Gasteiger partial charge in [0.15, 0.2) is 10.7 Å².